The van der Waals surface area contributed by atoms with Crippen LogP contribution in [0.25, 0.3) is 0 Å². The molecule has 1 rings (SSSR count). The van der Waals surface area contributed by atoms with E-state index in [1.807, 2.05) is 0 Å². The van der Waals surface area contributed by atoms with Gasteiger partial charge in [-0.3, -0.25) is 4.79 Å². The molecule has 0 aromatic carbocycles. The first-order valence-electron chi connectivity index (χ1n) is 5.65. The summed E-state index contributed by atoms with van der Waals surface area (Å²) in [4.78, 5) is 12.0. The van der Waals surface area contributed by atoms with Gasteiger partial charge in [0.2, 0.25) is 5.91 Å². The smallest absolute Gasteiger partial charge is 0.233 e. The normalized spacial score (nSPS) is 17.2. The highest BCUT2D eigenvalue weighted by Gasteiger charge is 2.52. The Labute approximate surface area is 102 Å². The largest absolute Gasteiger partial charge is 0.392 e. The number of thiocarbonyl (C=S) groups is 1. The summed E-state index contributed by atoms with van der Waals surface area (Å²) in [6.45, 7) is 5.96. The summed E-state index contributed by atoms with van der Waals surface area (Å²) < 4.78 is 5.36. The van der Waals surface area contributed by atoms with E-state index >= 15 is 0 Å². The van der Waals surface area contributed by atoms with Crippen LogP contribution in [0.2, 0.25) is 0 Å². The fourth-order valence-corrected chi connectivity index (χ4v) is 1.73. The number of rotatable bonds is 7. The van der Waals surface area contributed by atoms with Crippen LogP contribution in [0, 0.1) is 11.3 Å². The standard InChI is InChI=1S/C11H20N2O2S/c1-8(2)7-15-6-5-13-10(14)11(3-4-11)9(12)16/h8H,3-7H2,1-2H3,(H2,12,16)(H,13,14). The van der Waals surface area contributed by atoms with E-state index in [0.29, 0.717) is 24.1 Å². The highest BCUT2D eigenvalue weighted by Crippen LogP contribution is 2.46. The Morgan fingerprint density at radius 3 is 2.62 bits per heavy atom. The van der Waals surface area contributed by atoms with E-state index < -0.39 is 5.41 Å². The summed E-state index contributed by atoms with van der Waals surface area (Å²) in [7, 11) is 0. The molecule has 1 saturated carbocycles. The molecular formula is C11H20N2O2S. The van der Waals surface area contributed by atoms with Crippen LogP contribution in [0.15, 0.2) is 0 Å². The van der Waals surface area contributed by atoms with E-state index in [1.165, 1.54) is 0 Å². The van der Waals surface area contributed by atoms with E-state index in [-0.39, 0.29) is 5.91 Å². The maximum absolute atomic E-state index is 11.7. The highest BCUT2D eigenvalue weighted by atomic mass is 32.1. The Hall–Kier alpha value is -0.680. The molecule has 1 fully saturated rings. The maximum Gasteiger partial charge on any atom is 0.233 e. The van der Waals surface area contributed by atoms with Gasteiger partial charge in [-0.15, -0.1) is 0 Å². The Morgan fingerprint density at radius 2 is 2.19 bits per heavy atom. The van der Waals surface area contributed by atoms with Crippen LogP contribution >= 0.6 is 12.2 Å². The van der Waals surface area contributed by atoms with Gasteiger partial charge in [0.1, 0.15) is 0 Å². The van der Waals surface area contributed by atoms with Crippen molar-refractivity contribution in [2.75, 3.05) is 19.8 Å². The molecule has 1 aliphatic carbocycles. The molecule has 4 nitrogen and oxygen atoms in total. The molecule has 0 saturated heterocycles. The van der Waals surface area contributed by atoms with Gasteiger partial charge in [0.05, 0.1) is 17.0 Å². The average Bonchev–Trinajstić information content (AvgIpc) is 2.96. The van der Waals surface area contributed by atoms with Gasteiger partial charge >= 0.3 is 0 Å². The number of nitrogens with two attached hydrogens (primary N) is 1. The van der Waals surface area contributed by atoms with Crippen molar-refractivity contribution in [3.05, 3.63) is 0 Å². The van der Waals surface area contributed by atoms with Crippen LogP contribution in [-0.4, -0.2) is 30.7 Å². The van der Waals surface area contributed by atoms with Gasteiger partial charge in [-0.25, -0.2) is 0 Å². The van der Waals surface area contributed by atoms with Crippen LogP contribution in [0.4, 0.5) is 0 Å². The molecule has 16 heavy (non-hydrogen) atoms. The third-order valence-corrected chi connectivity index (χ3v) is 3.03. The van der Waals surface area contributed by atoms with Crippen molar-refractivity contribution >= 4 is 23.1 Å². The molecule has 0 aliphatic heterocycles. The van der Waals surface area contributed by atoms with Crippen molar-refractivity contribution in [2.45, 2.75) is 26.7 Å². The summed E-state index contributed by atoms with van der Waals surface area (Å²) in [6, 6.07) is 0. The van der Waals surface area contributed by atoms with E-state index in [4.69, 9.17) is 22.7 Å². The van der Waals surface area contributed by atoms with Gasteiger partial charge in [-0.1, -0.05) is 26.1 Å². The topological polar surface area (TPSA) is 64.3 Å². The Kier molecular flexibility index (Phi) is 4.68. The van der Waals surface area contributed by atoms with Crippen molar-refractivity contribution in [2.24, 2.45) is 17.1 Å². The number of amides is 1. The number of hydrogen-bond acceptors (Lipinski definition) is 3. The SMILES string of the molecule is CC(C)COCCNC(=O)C1(C(N)=S)CC1. The second-order valence-electron chi connectivity index (χ2n) is 4.67. The first kappa shape index (κ1) is 13.4. The number of carbonyl (C=O) groups excluding carboxylic acids is 1. The minimum absolute atomic E-state index is 0.0480. The fourth-order valence-electron chi connectivity index (χ4n) is 1.44. The quantitative estimate of drug-likeness (QED) is 0.514. The molecule has 1 amide bonds. The lowest BCUT2D eigenvalue weighted by Crippen LogP contribution is -2.40. The lowest BCUT2D eigenvalue weighted by molar-refractivity contribution is -0.124. The minimum Gasteiger partial charge on any atom is -0.392 e. The van der Waals surface area contributed by atoms with Crippen LogP contribution in [0.3, 0.4) is 0 Å². The molecule has 0 aromatic heterocycles. The molecule has 0 heterocycles. The Bertz CT molecular complexity index is 275. The zero-order chi connectivity index (χ0) is 12.2. The number of nitrogens with one attached hydrogen (secondary N) is 1. The van der Waals surface area contributed by atoms with Gasteiger partial charge in [0.15, 0.2) is 0 Å². The number of hydrogen-bond donors (Lipinski definition) is 2. The van der Waals surface area contributed by atoms with Crippen molar-refractivity contribution in [1.82, 2.24) is 5.32 Å². The molecule has 0 unspecified atom stereocenters. The molecule has 1 aliphatic rings. The molecule has 0 spiro atoms. The number of ether oxygens (including phenoxy) is 1. The fraction of sp³-hybridized carbons (Fsp3) is 0.818. The second kappa shape index (κ2) is 5.59. The molecular weight excluding hydrogens is 224 g/mol. The molecule has 0 bridgehead atoms. The monoisotopic (exact) mass is 244 g/mol. The molecule has 92 valence electrons. The molecule has 0 aromatic rings. The van der Waals surface area contributed by atoms with Crippen molar-refractivity contribution in [1.29, 1.82) is 0 Å². The predicted octanol–water partition coefficient (Wildman–Crippen LogP) is 0.841. The summed E-state index contributed by atoms with van der Waals surface area (Å²) in [5, 5.41) is 2.81. The van der Waals surface area contributed by atoms with Crippen molar-refractivity contribution < 1.29 is 9.53 Å². The van der Waals surface area contributed by atoms with Gasteiger partial charge in [0.25, 0.3) is 0 Å². The van der Waals surface area contributed by atoms with Gasteiger partial charge < -0.3 is 15.8 Å². The number of carbonyl (C=O) groups is 1. The van der Waals surface area contributed by atoms with Crippen LogP contribution in [0.1, 0.15) is 26.7 Å². The van der Waals surface area contributed by atoms with E-state index in [9.17, 15) is 4.79 Å². The molecule has 5 heteroatoms. The minimum atomic E-state index is -0.548. The average molecular weight is 244 g/mol. The van der Waals surface area contributed by atoms with Crippen molar-refractivity contribution in [3.8, 4) is 0 Å². The highest BCUT2D eigenvalue weighted by molar-refractivity contribution is 7.80. The van der Waals surface area contributed by atoms with Gasteiger partial charge in [0, 0.05) is 13.2 Å². The Balaban J connectivity index is 2.14. The van der Waals surface area contributed by atoms with E-state index in [1.54, 1.807) is 0 Å². The van der Waals surface area contributed by atoms with Crippen LogP contribution in [-0.2, 0) is 9.53 Å². The third-order valence-electron chi connectivity index (χ3n) is 2.64. The summed E-state index contributed by atoms with van der Waals surface area (Å²) in [5.41, 5.74) is 4.99. The second-order valence-corrected chi connectivity index (χ2v) is 5.11. The lowest BCUT2D eigenvalue weighted by atomic mass is 10.1. The first-order chi connectivity index (χ1) is 7.49. The zero-order valence-electron chi connectivity index (χ0n) is 9.91. The van der Waals surface area contributed by atoms with E-state index in [2.05, 4.69) is 19.2 Å². The third kappa shape index (κ3) is 3.42. The van der Waals surface area contributed by atoms with Crippen LogP contribution in [0.5, 0.6) is 0 Å². The summed E-state index contributed by atoms with van der Waals surface area (Å²) in [6.07, 6.45) is 1.56. The lowest BCUT2D eigenvalue weighted by Gasteiger charge is -2.13. The van der Waals surface area contributed by atoms with E-state index in [0.717, 1.165) is 19.4 Å². The molecule has 0 atom stereocenters. The first-order valence-corrected chi connectivity index (χ1v) is 6.06. The molecule has 0 radical (unpaired) electrons. The molecule has 3 N–H and O–H groups in total. The maximum atomic E-state index is 11.7. The Morgan fingerprint density at radius 1 is 1.56 bits per heavy atom. The predicted molar refractivity (Wildman–Crippen MR) is 67.1 cm³/mol. The van der Waals surface area contributed by atoms with Gasteiger partial charge in [-0.2, -0.15) is 0 Å². The zero-order valence-corrected chi connectivity index (χ0v) is 10.7. The van der Waals surface area contributed by atoms with Crippen LogP contribution < -0.4 is 11.1 Å². The van der Waals surface area contributed by atoms with Gasteiger partial charge in [-0.05, 0) is 18.8 Å². The summed E-state index contributed by atoms with van der Waals surface area (Å²) in [5.74, 6) is 0.468. The van der Waals surface area contributed by atoms with Crippen molar-refractivity contribution in [3.63, 3.8) is 0 Å². The summed E-state index contributed by atoms with van der Waals surface area (Å²) >= 11 is 4.89.